The highest BCUT2D eigenvalue weighted by Gasteiger charge is 2.34. The van der Waals surface area contributed by atoms with Crippen LogP contribution in [0.15, 0.2) is 24.3 Å². The van der Waals surface area contributed by atoms with Gasteiger partial charge in [-0.1, -0.05) is 24.3 Å². The molecule has 1 aliphatic carbocycles. The number of hydrogen-bond donors (Lipinski definition) is 1. The van der Waals surface area contributed by atoms with Gasteiger partial charge in [0.1, 0.15) is 6.54 Å². The lowest BCUT2D eigenvalue weighted by Gasteiger charge is -2.27. The Hall–Kier alpha value is -1.92. The summed E-state index contributed by atoms with van der Waals surface area (Å²) in [5.41, 5.74) is 2.48. The molecule has 1 N–H and O–H groups in total. The molecule has 0 saturated carbocycles. The molecule has 0 aromatic heterocycles. The number of ether oxygens (including phenoxy) is 1. The fourth-order valence-corrected chi connectivity index (χ4v) is 3.22. The molecule has 3 amide bonds. The molecule has 0 bridgehead atoms. The van der Waals surface area contributed by atoms with E-state index in [0.29, 0.717) is 0 Å². The summed E-state index contributed by atoms with van der Waals surface area (Å²) in [4.78, 5) is 25.9. The van der Waals surface area contributed by atoms with Crippen molar-refractivity contribution in [2.75, 3.05) is 26.7 Å². The van der Waals surface area contributed by atoms with Crippen LogP contribution in [0.4, 0.5) is 4.79 Å². The third kappa shape index (κ3) is 3.38. The molecule has 1 saturated heterocycles. The van der Waals surface area contributed by atoms with Crippen LogP contribution in [-0.2, 0) is 16.0 Å². The van der Waals surface area contributed by atoms with E-state index < -0.39 is 6.10 Å². The monoisotopic (exact) mass is 318 g/mol. The maximum atomic E-state index is 11.8. The van der Waals surface area contributed by atoms with Crippen LogP contribution in [0.3, 0.4) is 0 Å². The van der Waals surface area contributed by atoms with Gasteiger partial charge in [-0.15, -0.1) is 0 Å². The fraction of sp³-hybridized carbons (Fsp3) is 0.529. The Morgan fingerprint density at radius 3 is 2.87 bits per heavy atom. The van der Waals surface area contributed by atoms with E-state index in [9.17, 15) is 14.7 Å². The van der Waals surface area contributed by atoms with E-state index in [0.717, 1.165) is 24.2 Å². The average molecular weight is 318 g/mol. The zero-order valence-electron chi connectivity index (χ0n) is 13.3. The van der Waals surface area contributed by atoms with Crippen molar-refractivity contribution in [1.29, 1.82) is 0 Å². The summed E-state index contributed by atoms with van der Waals surface area (Å²) in [6, 6.07) is 7.83. The van der Waals surface area contributed by atoms with Gasteiger partial charge in [0, 0.05) is 7.05 Å². The first-order valence-electron chi connectivity index (χ1n) is 7.99. The molecule has 0 radical (unpaired) electrons. The highest BCUT2D eigenvalue weighted by atomic mass is 16.5. The number of benzene rings is 1. The number of aryl methyl sites for hydroxylation is 1. The Balaban J connectivity index is 1.55. The lowest BCUT2D eigenvalue weighted by Crippen LogP contribution is -2.39. The Kier molecular flexibility index (Phi) is 4.63. The Labute approximate surface area is 135 Å². The summed E-state index contributed by atoms with van der Waals surface area (Å²) in [7, 11) is 1.57. The van der Waals surface area contributed by atoms with Gasteiger partial charge in [0.2, 0.25) is 5.91 Å². The lowest BCUT2D eigenvalue weighted by molar-refractivity contribution is -0.126. The zero-order valence-corrected chi connectivity index (χ0v) is 13.3. The first kappa shape index (κ1) is 16.0. The van der Waals surface area contributed by atoms with Gasteiger partial charge in [-0.05, 0) is 30.4 Å². The zero-order chi connectivity index (χ0) is 16.4. The molecule has 1 fully saturated rings. The molecule has 1 heterocycles. The number of fused-ring (bicyclic) bond motifs is 1. The molecule has 124 valence electrons. The summed E-state index contributed by atoms with van der Waals surface area (Å²) in [5, 5.41) is 10.1. The van der Waals surface area contributed by atoms with Gasteiger partial charge < -0.3 is 14.7 Å². The Morgan fingerprint density at radius 1 is 1.35 bits per heavy atom. The number of carbonyl (C=O) groups is 2. The van der Waals surface area contributed by atoms with Crippen LogP contribution in [-0.4, -0.2) is 59.7 Å². The molecule has 1 aliphatic heterocycles. The third-order valence-electron chi connectivity index (χ3n) is 4.43. The van der Waals surface area contributed by atoms with Crippen LogP contribution in [0.5, 0.6) is 0 Å². The van der Waals surface area contributed by atoms with Crippen molar-refractivity contribution >= 4 is 11.9 Å². The second kappa shape index (κ2) is 6.68. The number of imide groups is 1. The summed E-state index contributed by atoms with van der Waals surface area (Å²) >= 11 is 0. The van der Waals surface area contributed by atoms with E-state index >= 15 is 0 Å². The van der Waals surface area contributed by atoms with Crippen molar-refractivity contribution in [2.24, 2.45) is 0 Å². The maximum Gasteiger partial charge on any atom is 0.327 e. The van der Waals surface area contributed by atoms with Gasteiger partial charge in [0.15, 0.2) is 0 Å². The van der Waals surface area contributed by atoms with Crippen LogP contribution in [0, 0.1) is 0 Å². The van der Waals surface area contributed by atoms with Crippen molar-refractivity contribution in [3.63, 3.8) is 0 Å². The number of aliphatic hydroxyl groups is 1. The second-order valence-electron chi connectivity index (χ2n) is 6.21. The number of amides is 3. The maximum absolute atomic E-state index is 11.8. The van der Waals surface area contributed by atoms with Crippen molar-refractivity contribution in [1.82, 2.24) is 9.80 Å². The van der Waals surface area contributed by atoms with Crippen molar-refractivity contribution < 1.29 is 19.4 Å². The first-order valence-corrected chi connectivity index (χ1v) is 7.99. The van der Waals surface area contributed by atoms with Crippen LogP contribution in [0.25, 0.3) is 0 Å². The number of β-amino-alcohol motifs (C(OH)–C–C–N with tert-alkyl or cyclic N) is 1. The summed E-state index contributed by atoms with van der Waals surface area (Å²) in [5.74, 6) is -0.278. The number of rotatable bonds is 5. The molecule has 2 unspecified atom stereocenters. The van der Waals surface area contributed by atoms with Gasteiger partial charge in [0.25, 0.3) is 0 Å². The molecule has 1 aromatic rings. The van der Waals surface area contributed by atoms with E-state index in [2.05, 4.69) is 12.1 Å². The largest absolute Gasteiger partial charge is 0.389 e. The van der Waals surface area contributed by atoms with Gasteiger partial charge in [-0.3, -0.25) is 9.69 Å². The van der Waals surface area contributed by atoms with Crippen molar-refractivity contribution in [3.8, 4) is 0 Å². The van der Waals surface area contributed by atoms with Gasteiger partial charge >= 0.3 is 6.03 Å². The molecular weight excluding hydrogens is 296 g/mol. The Bertz CT molecular complexity index is 604. The van der Waals surface area contributed by atoms with E-state index in [4.69, 9.17) is 4.74 Å². The number of aliphatic hydroxyl groups excluding tert-OH is 1. The molecule has 1 aromatic carbocycles. The average Bonchev–Trinajstić information content (AvgIpc) is 2.79. The summed E-state index contributed by atoms with van der Waals surface area (Å²) in [6.45, 7) is 0.165. The predicted octanol–water partition coefficient (Wildman–Crippen LogP) is 1.34. The number of nitrogens with zero attached hydrogens (tertiary/aromatic N) is 2. The molecule has 0 spiro atoms. The number of likely N-dealkylation sites (N-methyl/N-ethyl adjacent to an activating group) is 1. The molecular formula is C17H22N2O4. The standard InChI is InChI=1S/C17H22N2O4/c1-18-10-16(21)19(17(18)22)9-13(20)11-23-15-8-4-6-12-5-2-3-7-14(12)15/h2-3,5,7,13,15,20H,4,6,8-11H2,1H3. The quantitative estimate of drug-likeness (QED) is 0.832. The first-order chi connectivity index (χ1) is 11.1. The van der Waals surface area contributed by atoms with Gasteiger partial charge in [0.05, 0.1) is 25.4 Å². The summed E-state index contributed by atoms with van der Waals surface area (Å²) in [6.07, 6.45) is 2.15. The van der Waals surface area contributed by atoms with E-state index in [1.54, 1.807) is 7.05 Å². The van der Waals surface area contributed by atoms with Gasteiger partial charge in [-0.25, -0.2) is 4.79 Å². The van der Waals surface area contributed by atoms with E-state index in [1.165, 1.54) is 16.0 Å². The molecule has 2 atom stereocenters. The molecule has 6 nitrogen and oxygen atoms in total. The SMILES string of the molecule is CN1CC(=O)N(CC(O)COC2CCCc3ccccc32)C1=O. The van der Waals surface area contributed by atoms with E-state index in [-0.39, 0.29) is 37.7 Å². The minimum absolute atomic E-state index is 0.0175. The minimum atomic E-state index is -0.872. The summed E-state index contributed by atoms with van der Waals surface area (Å²) < 4.78 is 5.87. The third-order valence-corrected chi connectivity index (χ3v) is 4.43. The van der Waals surface area contributed by atoms with Crippen molar-refractivity contribution in [2.45, 2.75) is 31.5 Å². The molecule has 23 heavy (non-hydrogen) atoms. The normalized spacial score (nSPS) is 22.4. The number of hydrogen-bond acceptors (Lipinski definition) is 4. The highest BCUT2D eigenvalue weighted by Crippen LogP contribution is 2.32. The highest BCUT2D eigenvalue weighted by molar-refractivity contribution is 6.01. The van der Waals surface area contributed by atoms with E-state index in [1.807, 2.05) is 12.1 Å². The second-order valence-corrected chi connectivity index (χ2v) is 6.21. The Morgan fingerprint density at radius 2 is 2.13 bits per heavy atom. The predicted molar refractivity (Wildman–Crippen MR) is 83.8 cm³/mol. The number of urea groups is 1. The van der Waals surface area contributed by atoms with Gasteiger partial charge in [-0.2, -0.15) is 0 Å². The topological polar surface area (TPSA) is 70.1 Å². The van der Waals surface area contributed by atoms with Crippen LogP contribution < -0.4 is 0 Å². The van der Waals surface area contributed by atoms with Crippen LogP contribution >= 0.6 is 0 Å². The lowest BCUT2D eigenvalue weighted by atomic mass is 9.89. The van der Waals surface area contributed by atoms with Crippen LogP contribution in [0.1, 0.15) is 30.1 Å². The smallest absolute Gasteiger partial charge is 0.327 e. The molecule has 3 rings (SSSR count). The van der Waals surface area contributed by atoms with Crippen molar-refractivity contribution in [3.05, 3.63) is 35.4 Å². The minimum Gasteiger partial charge on any atom is -0.389 e. The number of carbonyl (C=O) groups excluding carboxylic acids is 2. The fourth-order valence-electron chi connectivity index (χ4n) is 3.22. The molecule has 2 aliphatic rings. The molecule has 6 heteroatoms. The van der Waals surface area contributed by atoms with Crippen LogP contribution in [0.2, 0.25) is 0 Å².